The van der Waals surface area contributed by atoms with Crippen molar-refractivity contribution in [1.82, 2.24) is 0 Å². The summed E-state index contributed by atoms with van der Waals surface area (Å²) in [7, 11) is 1.61. The molecule has 0 radical (unpaired) electrons. The SMILES string of the molecule is COCCOCCOCCOCCOc1cc(F)c(CO)c(F)c1. The van der Waals surface area contributed by atoms with E-state index in [0.29, 0.717) is 39.6 Å². The fraction of sp³-hybridized carbons (Fsp3) is 0.625. The molecule has 0 aliphatic carbocycles. The minimum atomic E-state index is -0.838. The number of ether oxygens (including phenoxy) is 5. The summed E-state index contributed by atoms with van der Waals surface area (Å²) >= 11 is 0. The minimum Gasteiger partial charge on any atom is -0.491 e. The van der Waals surface area contributed by atoms with Crippen LogP contribution in [0, 0.1) is 11.6 Å². The van der Waals surface area contributed by atoms with Gasteiger partial charge in [-0.1, -0.05) is 0 Å². The summed E-state index contributed by atoms with van der Waals surface area (Å²) in [6.07, 6.45) is 0. The van der Waals surface area contributed by atoms with Crippen molar-refractivity contribution in [2.24, 2.45) is 0 Å². The molecule has 1 aromatic rings. The minimum absolute atomic E-state index is 0.0512. The highest BCUT2D eigenvalue weighted by atomic mass is 19.1. The largest absolute Gasteiger partial charge is 0.491 e. The topological polar surface area (TPSA) is 66.4 Å². The summed E-state index contributed by atoms with van der Waals surface area (Å²) in [6.45, 7) is 2.57. The first-order chi connectivity index (χ1) is 11.7. The lowest BCUT2D eigenvalue weighted by Crippen LogP contribution is -2.13. The summed E-state index contributed by atoms with van der Waals surface area (Å²) in [5, 5.41) is 8.81. The number of hydrogen-bond acceptors (Lipinski definition) is 6. The Bertz CT molecular complexity index is 435. The second kappa shape index (κ2) is 13.0. The van der Waals surface area contributed by atoms with Gasteiger partial charge >= 0.3 is 0 Å². The Morgan fingerprint density at radius 1 is 0.792 bits per heavy atom. The molecule has 6 nitrogen and oxygen atoms in total. The van der Waals surface area contributed by atoms with Crippen LogP contribution in [0.5, 0.6) is 5.75 Å². The van der Waals surface area contributed by atoms with Gasteiger partial charge in [0, 0.05) is 24.8 Å². The third-order valence-electron chi connectivity index (χ3n) is 2.94. The number of benzene rings is 1. The standard InChI is InChI=1S/C16H24F2O6/c1-20-2-3-21-4-5-22-6-7-23-8-9-24-13-10-15(17)14(12-19)16(18)11-13/h10-11,19H,2-9,12H2,1H3. The van der Waals surface area contributed by atoms with Crippen LogP contribution >= 0.6 is 0 Å². The molecular formula is C16H24F2O6. The number of halogens is 2. The van der Waals surface area contributed by atoms with Crippen molar-refractivity contribution >= 4 is 0 Å². The highest BCUT2D eigenvalue weighted by Gasteiger charge is 2.10. The molecule has 0 aromatic heterocycles. The van der Waals surface area contributed by atoms with Crippen LogP contribution in [0.4, 0.5) is 8.78 Å². The van der Waals surface area contributed by atoms with E-state index in [2.05, 4.69) is 0 Å². The lowest BCUT2D eigenvalue weighted by Gasteiger charge is -2.09. The van der Waals surface area contributed by atoms with Gasteiger partial charge in [0.15, 0.2) is 0 Å². The smallest absolute Gasteiger partial charge is 0.135 e. The Morgan fingerprint density at radius 3 is 1.71 bits per heavy atom. The van der Waals surface area contributed by atoms with Gasteiger partial charge in [-0.25, -0.2) is 8.78 Å². The molecule has 0 saturated carbocycles. The Hall–Kier alpha value is -1.32. The third-order valence-corrected chi connectivity index (χ3v) is 2.94. The van der Waals surface area contributed by atoms with Crippen molar-refractivity contribution in [2.45, 2.75) is 6.61 Å². The number of aliphatic hydroxyl groups excluding tert-OH is 1. The zero-order chi connectivity index (χ0) is 17.6. The highest BCUT2D eigenvalue weighted by molar-refractivity contribution is 5.30. The molecule has 24 heavy (non-hydrogen) atoms. The second-order valence-corrected chi connectivity index (χ2v) is 4.70. The number of hydrogen-bond donors (Lipinski definition) is 1. The van der Waals surface area contributed by atoms with Gasteiger partial charge in [0.2, 0.25) is 0 Å². The molecule has 1 rings (SSSR count). The molecule has 0 aliphatic heterocycles. The monoisotopic (exact) mass is 350 g/mol. The summed E-state index contributed by atoms with van der Waals surface area (Å²) < 4.78 is 52.6. The third kappa shape index (κ3) is 8.51. The predicted molar refractivity (Wildman–Crippen MR) is 82.1 cm³/mol. The molecule has 0 saturated heterocycles. The van der Waals surface area contributed by atoms with Gasteiger partial charge in [-0.2, -0.15) is 0 Å². The van der Waals surface area contributed by atoms with Gasteiger partial charge in [0.25, 0.3) is 0 Å². The van der Waals surface area contributed by atoms with Crippen molar-refractivity contribution in [1.29, 1.82) is 0 Å². The zero-order valence-corrected chi connectivity index (χ0v) is 13.8. The van der Waals surface area contributed by atoms with Crippen LogP contribution in [0.2, 0.25) is 0 Å². The summed E-state index contributed by atoms with van der Waals surface area (Å²) in [5.74, 6) is -1.63. The molecule has 8 heteroatoms. The Balaban J connectivity index is 2.01. The normalized spacial score (nSPS) is 11.0. The van der Waals surface area contributed by atoms with Crippen LogP contribution < -0.4 is 4.74 Å². The molecule has 0 spiro atoms. The van der Waals surface area contributed by atoms with Crippen molar-refractivity contribution < 1.29 is 37.6 Å². The van der Waals surface area contributed by atoms with E-state index < -0.39 is 18.2 Å². The van der Waals surface area contributed by atoms with Crippen molar-refractivity contribution in [2.75, 3.05) is 60.0 Å². The van der Waals surface area contributed by atoms with Crippen LogP contribution in [-0.4, -0.2) is 65.1 Å². The van der Waals surface area contributed by atoms with Crippen LogP contribution in [0.1, 0.15) is 5.56 Å². The Labute approximate surface area is 140 Å². The molecule has 1 aromatic carbocycles. The lowest BCUT2D eigenvalue weighted by molar-refractivity contribution is 0.000141. The van der Waals surface area contributed by atoms with Gasteiger partial charge in [-0.3, -0.25) is 0 Å². The molecule has 0 aliphatic rings. The first kappa shape index (κ1) is 20.7. The number of aliphatic hydroxyl groups is 1. The van der Waals surface area contributed by atoms with Gasteiger partial charge in [0.1, 0.15) is 24.0 Å². The summed E-state index contributed by atoms with van der Waals surface area (Å²) in [4.78, 5) is 0. The lowest BCUT2D eigenvalue weighted by atomic mass is 10.2. The van der Waals surface area contributed by atoms with E-state index in [9.17, 15) is 8.78 Å². The summed E-state index contributed by atoms with van der Waals surface area (Å²) in [5.41, 5.74) is -0.373. The Kier molecular flexibility index (Phi) is 11.2. The van der Waals surface area contributed by atoms with Crippen LogP contribution in [0.15, 0.2) is 12.1 Å². The van der Waals surface area contributed by atoms with E-state index in [4.69, 9.17) is 28.8 Å². The summed E-state index contributed by atoms with van der Waals surface area (Å²) in [6, 6.07) is 2.06. The van der Waals surface area contributed by atoms with Crippen molar-refractivity contribution in [3.8, 4) is 5.75 Å². The molecule has 1 N–H and O–H groups in total. The maximum absolute atomic E-state index is 13.4. The first-order valence-corrected chi connectivity index (χ1v) is 7.62. The quantitative estimate of drug-likeness (QED) is 0.514. The molecule has 0 bridgehead atoms. The molecule has 0 unspecified atom stereocenters. The van der Waals surface area contributed by atoms with Crippen LogP contribution in [0.25, 0.3) is 0 Å². The average molecular weight is 350 g/mol. The van der Waals surface area contributed by atoms with Gasteiger partial charge in [0.05, 0.1) is 52.9 Å². The molecule has 0 heterocycles. The highest BCUT2D eigenvalue weighted by Crippen LogP contribution is 2.20. The van der Waals surface area contributed by atoms with E-state index in [1.165, 1.54) is 0 Å². The molecule has 138 valence electrons. The van der Waals surface area contributed by atoms with E-state index >= 15 is 0 Å². The van der Waals surface area contributed by atoms with E-state index in [0.717, 1.165) is 12.1 Å². The zero-order valence-electron chi connectivity index (χ0n) is 13.8. The number of rotatable bonds is 14. The van der Waals surface area contributed by atoms with Gasteiger partial charge in [-0.15, -0.1) is 0 Å². The predicted octanol–water partition coefficient (Wildman–Crippen LogP) is 1.53. The van der Waals surface area contributed by atoms with E-state index in [-0.39, 0.29) is 24.5 Å². The average Bonchev–Trinajstić information content (AvgIpc) is 2.55. The fourth-order valence-corrected chi connectivity index (χ4v) is 1.72. The van der Waals surface area contributed by atoms with E-state index in [1.807, 2.05) is 0 Å². The second-order valence-electron chi connectivity index (χ2n) is 4.70. The Morgan fingerprint density at radius 2 is 1.25 bits per heavy atom. The maximum Gasteiger partial charge on any atom is 0.135 e. The first-order valence-electron chi connectivity index (χ1n) is 7.62. The van der Waals surface area contributed by atoms with Gasteiger partial charge < -0.3 is 28.8 Å². The van der Waals surface area contributed by atoms with Gasteiger partial charge in [-0.05, 0) is 0 Å². The maximum atomic E-state index is 13.4. The fourth-order valence-electron chi connectivity index (χ4n) is 1.72. The molecule has 0 atom stereocenters. The van der Waals surface area contributed by atoms with E-state index in [1.54, 1.807) is 7.11 Å². The molecule has 0 amide bonds. The van der Waals surface area contributed by atoms with Crippen molar-refractivity contribution in [3.63, 3.8) is 0 Å². The van der Waals surface area contributed by atoms with Crippen molar-refractivity contribution in [3.05, 3.63) is 29.3 Å². The van der Waals surface area contributed by atoms with Crippen LogP contribution in [0.3, 0.4) is 0 Å². The molecular weight excluding hydrogens is 326 g/mol. The van der Waals surface area contributed by atoms with Crippen LogP contribution in [-0.2, 0) is 25.6 Å². The number of methoxy groups -OCH3 is 1. The molecule has 0 fully saturated rings.